The second-order valence-electron chi connectivity index (χ2n) is 3.79. The summed E-state index contributed by atoms with van der Waals surface area (Å²) < 4.78 is 1.61. The lowest BCUT2D eigenvalue weighted by molar-refractivity contribution is 0.0688. The molecular formula is C13H9N3O2. The first-order chi connectivity index (χ1) is 8.77. The second kappa shape index (κ2) is 3.96. The summed E-state index contributed by atoms with van der Waals surface area (Å²) >= 11 is 0. The van der Waals surface area contributed by atoms with Crippen molar-refractivity contribution in [2.24, 2.45) is 0 Å². The van der Waals surface area contributed by atoms with Gasteiger partial charge in [0.2, 0.25) is 0 Å². The molecule has 0 atom stereocenters. The van der Waals surface area contributed by atoms with Crippen molar-refractivity contribution >= 4 is 17.0 Å². The molecule has 5 nitrogen and oxygen atoms in total. The molecule has 3 heterocycles. The zero-order valence-corrected chi connectivity index (χ0v) is 9.32. The second-order valence-corrected chi connectivity index (χ2v) is 3.79. The van der Waals surface area contributed by atoms with Crippen molar-refractivity contribution in [3.63, 3.8) is 0 Å². The quantitative estimate of drug-likeness (QED) is 0.743. The van der Waals surface area contributed by atoms with Crippen LogP contribution in [0.2, 0.25) is 0 Å². The highest BCUT2D eigenvalue weighted by molar-refractivity contribution is 5.94. The van der Waals surface area contributed by atoms with Crippen molar-refractivity contribution in [2.45, 2.75) is 0 Å². The summed E-state index contributed by atoms with van der Waals surface area (Å²) in [5.74, 6) is -0.982. The Kier molecular flexibility index (Phi) is 2.30. The summed E-state index contributed by atoms with van der Waals surface area (Å²) in [7, 11) is 0. The van der Waals surface area contributed by atoms with Gasteiger partial charge in [-0.25, -0.2) is 9.78 Å². The molecule has 0 saturated carbocycles. The van der Waals surface area contributed by atoms with Crippen LogP contribution in [-0.2, 0) is 0 Å². The molecule has 0 fully saturated rings. The van der Waals surface area contributed by atoms with E-state index in [9.17, 15) is 9.90 Å². The van der Waals surface area contributed by atoms with Gasteiger partial charge in [0.1, 0.15) is 11.3 Å². The van der Waals surface area contributed by atoms with Gasteiger partial charge in [0.15, 0.2) is 0 Å². The van der Waals surface area contributed by atoms with Crippen LogP contribution in [0.3, 0.4) is 0 Å². The van der Waals surface area contributed by atoms with Gasteiger partial charge in [-0.05, 0) is 30.3 Å². The van der Waals surface area contributed by atoms with Crippen LogP contribution in [0.15, 0.2) is 48.9 Å². The highest BCUT2D eigenvalue weighted by Crippen LogP contribution is 2.22. The number of nitrogens with zero attached hydrogens (tertiary/aromatic N) is 3. The first-order valence-corrected chi connectivity index (χ1v) is 5.37. The highest BCUT2D eigenvalue weighted by atomic mass is 16.4. The van der Waals surface area contributed by atoms with Gasteiger partial charge in [-0.2, -0.15) is 0 Å². The fourth-order valence-corrected chi connectivity index (χ4v) is 1.95. The number of carboxylic acid groups (broad SMARTS) is 1. The van der Waals surface area contributed by atoms with E-state index in [1.54, 1.807) is 47.4 Å². The Hall–Kier alpha value is -2.69. The molecule has 88 valence electrons. The molecule has 18 heavy (non-hydrogen) atoms. The van der Waals surface area contributed by atoms with Gasteiger partial charge in [0.25, 0.3) is 0 Å². The summed E-state index contributed by atoms with van der Waals surface area (Å²) in [5.41, 5.74) is 1.55. The van der Waals surface area contributed by atoms with E-state index in [4.69, 9.17) is 0 Å². The smallest absolute Gasteiger partial charge is 0.352 e. The molecule has 0 aliphatic heterocycles. The van der Waals surface area contributed by atoms with Crippen molar-refractivity contribution in [3.05, 3.63) is 54.6 Å². The molecule has 0 aromatic carbocycles. The molecule has 1 N–H and O–H groups in total. The number of carbonyl (C=O) groups is 1. The summed E-state index contributed by atoms with van der Waals surface area (Å²) in [6.07, 6.45) is 4.89. The lowest BCUT2D eigenvalue weighted by Gasteiger charge is -2.06. The molecule has 0 aliphatic rings. The van der Waals surface area contributed by atoms with Gasteiger partial charge in [-0.15, -0.1) is 0 Å². The average molecular weight is 239 g/mol. The van der Waals surface area contributed by atoms with Crippen LogP contribution < -0.4 is 0 Å². The Morgan fingerprint density at radius 2 is 1.94 bits per heavy atom. The first kappa shape index (κ1) is 10.5. The third-order valence-electron chi connectivity index (χ3n) is 2.70. The Morgan fingerprint density at radius 3 is 2.67 bits per heavy atom. The van der Waals surface area contributed by atoms with E-state index in [2.05, 4.69) is 9.97 Å². The lowest BCUT2D eigenvalue weighted by atomic mass is 10.3. The fourth-order valence-electron chi connectivity index (χ4n) is 1.95. The fraction of sp³-hybridized carbons (Fsp3) is 0. The minimum atomic E-state index is -0.982. The summed E-state index contributed by atoms with van der Waals surface area (Å²) in [5, 5.41) is 10.1. The molecule has 3 rings (SSSR count). The van der Waals surface area contributed by atoms with Gasteiger partial charge in [-0.1, -0.05) is 0 Å². The zero-order chi connectivity index (χ0) is 12.5. The monoisotopic (exact) mass is 239 g/mol. The van der Waals surface area contributed by atoms with Crippen molar-refractivity contribution in [2.75, 3.05) is 0 Å². The maximum Gasteiger partial charge on any atom is 0.352 e. The molecule has 0 spiro atoms. The Labute approximate surface area is 102 Å². The summed E-state index contributed by atoms with van der Waals surface area (Å²) in [6.45, 7) is 0. The minimum absolute atomic E-state index is 0.190. The van der Waals surface area contributed by atoms with E-state index in [0.717, 1.165) is 11.1 Å². The van der Waals surface area contributed by atoms with Crippen LogP contribution in [0.4, 0.5) is 0 Å². The number of rotatable bonds is 2. The van der Waals surface area contributed by atoms with Gasteiger partial charge in [0, 0.05) is 24.0 Å². The SMILES string of the molecule is O=C(O)c1cc2cccnc2n1-c1ccncc1. The number of fused-ring (bicyclic) bond motifs is 1. The predicted molar refractivity (Wildman–Crippen MR) is 65.8 cm³/mol. The molecule has 0 radical (unpaired) electrons. The Morgan fingerprint density at radius 1 is 1.17 bits per heavy atom. The molecular weight excluding hydrogens is 230 g/mol. The van der Waals surface area contributed by atoms with Crippen molar-refractivity contribution in [1.82, 2.24) is 14.5 Å². The molecule has 5 heteroatoms. The average Bonchev–Trinajstić information content (AvgIpc) is 2.79. The molecule has 3 aromatic heterocycles. The van der Waals surface area contributed by atoms with Crippen molar-refractivity contribution < 1.29 is 9.90 Å². The maximum atomic E-state index is 11.3. The number of hydrogen-bond donors (Lipinski definition) is 1. The van der Waals surface area contributed by atoms with Crippen LogP contribution in [0.5, 0.6) is 0 Å². The molecule has 3 aromatic rings. The van der Waals surface area contributed by atoms with E-state index in [0.29, 0.717) is 5.65 Å². The maximum absolute atomic E-state index is 11.3. The van der Waals surface area contributed by atoms with Gasteiger partial charge < -0.3 is 5.11 Å². The van der Waals surface area contributed by atoms with E-state index >= 15 is 0 Å². The largest absolute Gasteiger partial charge is 0.477 e. The van der Waals surface area contributed by atoms with Crippen LogP contribution >= 0.6 is 0 Å². The van der Waals surface area contributed by atoms with E-state index in [-0.39, 0.29) is 5.69 Å². The highest BCUT2D eigenvalue weighted by Gasteiger charge is 2.16. The predicted octanol–water partition coefficient (Wildman–Crippen LogP) is 2.12. The summed E-state index contributed by atoms with van der Waals surface area (Å²) in [4.78, 5) is 19.5. The normalized spacial score (nSPS) is 10.7. The van der Waals surface area contributed by atoms with Gasteiger partial charge in [0.05, 0.1) is 5.69 Å². The number of pyridine rings is 2. The van der Waals surface area contributed by atoms with E-state index in [1.807, 2.05) is 6.07 Å². The third kappa shape index (κ3) is 1.53. The third-order valence-corrected chi connectivity index (χ3v) is 2.70. The van der Waals surface area contributed by atoms with Crippen LogP contribution in [0.1, 0.15) is 10.5 Å². The Bertz CT molecular complexity index is 719. The number of aromatic nitrogens is 3. The minimum Gasteiger partial charge on any atom is -0.477 e. The molecule has 0 unspecified atom stereocenters. The number of aromatic carboxylic acids is 1. The number of carboxylic acids is 1. The summed E-state index contributed by atoms with van der Waals surface area (Å²) in [6, 6.07) is 8.74. The Balaban J connectivity index is 2.38. The topological polar surface area (TPSA) is 68.0 Å². The van der Waals surface area contributed by atoms with E-state index < -0.39 is 5.97 Å². The molecule has 0 amide bonds. The molecule has 0 bridgehead atoms. The first-order valence-electron chi connectivity index (χ1n) is 5.37. The van der Waals surface area contributed by atoms with Gasteiger partial charge in [-0.3, -0.25) is 9.55 Å². The van der Waals surface area contributed by atoms with Crippen LogP contribution in [0.25, 0.3) is 16.7 Å². The van der Waals surface area contributed by atoms with Crippen molar-refractivity contribution in [1.29, 1.82) is 0 Å². The lowest BCUT2D eigenvalue weighted by Crippen LogP contribution is -2.06. The van der Waals surface area contributed by atoms with E-state index in [1.165, 1.54) is 0 Å². The standard InChI is InChI=1S/C13H9N3O2/c17-13(18)11-8-9-2-1-5-15-12(9)16(11)10-3-6-14-7-4-10/h1-8H,(H,17,18). The molecule has 0 saturated heterocycles. The molecule has 0 aliphatic carbocycles. The van der Waals surface area contributed by atoms with Crippen molar-refractivity contribution in [3.8, 4) is 5.69 Å². The van der Waals surface area contributed by atoms with Crippen LogP contribution in [-0.4, -0.2) is 25.6 Å². The number of hydrogen-bond acceptors (Lipinski definition) is 3. The van der Waals surface area contributed by atoms with Gasteiger partial charge >= 0.3 is 5.97 Å². The van der Waals surface area contributed by atoms with Crippen LogP contribution in [0, 0.1) is 0 Å². The zero-order valence-electron chi connectivity index (χ0n) is 9.32.